The zero-order valence-electron chi connectivity index (χ0n) is 16.6. The van der Waals surface area contributed by atoms with Gasteiger partial charge < -0.3 is 11.1 Å². The molecule has 0 aliphatic carbocycles. The van der Waals surface area contributed by atoms with Gasteiger partial charge in [0.05, 0.1) is 11.3 Å². The van der Waals surface area contributed by atoms with E-state index in [1.165, 1.54) is 6.20 Å². The lowest BCUT2D eigenvalue weighted by atomic mass is 10.2. The number of likely N-dealkylation sites (N-methyl/N-ethyl adjacent to an activating group) is 1. The van der Waals surface area contributed by atoms with Crippen LogP contribution in [0.3, 0.4) is 0 Å². The molecule has 0 aliphatic rings. The number of fused-ring (bicyclic) bond motifs is 1. The molecule has 0 fully saturated rings. The molecule has 0 aromatic carbocycles. The third-order valence-electron chi connectivity index (χ3n) is 4.31. The van der Waals surface area contributed by atoms with Crippen LogP contribution in [0.15, 0.2) is 30.5 Å². The van der Waals surface area contributed by atoms with E-state index in [9.17, 15) is 9.59 Å². The molecule has 3 heterocycles. The van der Waals surface area contributed by atoms with Gasteiger partial charge in [0.15, 0.2) is 5.65 Å². The van der Waals surface area contributed by atoms with Crippen molar-refractivity contribution < 1.29 is 9.59 Å². The summed E-state index contributed by atoms with van der Waals surface area (Å²) in [4.78, 5) is 33.1. The average molecular weight is 396 g/mol. The molecule has 0 spiro atoms. The van der Waals surface area contributed by atoms with Gasteiger partial charge in [0.25, 0.3) is 5.91 Å². The van der Waals surface area contributed by atoms with Crippen LogP contribution in [0, 0.1) is 6.92 Å². The number of primary amides is 1. The number of amides is 2. The second kappa shape index (κ2) is 8.65. The number of rotatable bonds is 8. The van der Waals surface area contributed by atoms with Crippen LogP contribution in [0.4, 0.5) is 5.95 Å². The number of nitrogens with two attached hydrogens (primary N) is 1. The highest BCUT2D eigenvalue weighted by molar-refractivity contribution is 6.03. The predicted octanol–water partition coefficient (Wildman–Crippen LogP) is 1.08. The number of nitrogens with zero attached hydrogens (tertiary/aromatic N) is 5. The standard InChI is InChI=1S/C19H24N8O2/c1-4-27-15(9-12(2)25-27)18(29)24-19-23-14-10-13(16(20)28)11-22-17(14)26(19)8-6-5-7-21-3/h5-6,9-11,21H,4,7-8H2,1-3H3,(H2,20,28)(H,23,24,29)/b6-5+. The van der Waals surface area contributed by atoms with Crippen molar-refractivity contribution >= 4 is 28.9 Å². The fourth-order valence-electron chi connectivity index (χ4n) is 2.93. The Morgan fingerprint density at radius 2 is 2.07 bits per heavy atom. The topological polar surface area (TPSA) is 133 Å². The number of anilines is 1. The molecular formula is C19H24N8O2. The zero-order chi connectivity index (χ0) is 21.0. The fraction of sp³-hybridized carbons (Fsp3) is 0.316. The first-order chi connectivity index (χ1) is 13.9. The molecule has 4 N–H and O–H groups in total. The number of nitrogens with one attached hydrogen (secondary N) is 2. The van der Waals surface area contributed by atoms with Crippen LogP contribution in [0.25, 0.3) is 11.2 Å². The van der Waals surface area contributed by atoms with E-state index in [1.54, 1.807) is 21.4 Å². The third-order valence-corrected chi connectivity index (χ3v) is 4.31. The summed E-state index contributed by atoms with van der Waals surface area (Å²) in [6.07, 6.45) is 5.31. The Labute approximate surface area is 167 Å². The highest BCUT2D eigenvalue weighted by Crippen LogP contribution is 2.20. The zero-order valence-corrected chi connectivity index (χ0v) is 16.6. The molecule has 2 amide bonds. The molecule has 0 atom stereocenters. The summed E-state index contributed by atoms with van der Waals surface area (Å²) >= 11 is 0. The Morgan fingerprint density at radius 1 is 1.28 bits per heavy atom. The molecular weight excluding hydrogens is 372 g/mol. The molecule has 0 aliphatic heterocycles. The Hall–Kier alpha value is -3.53. The first-order valence-corrected chi connectivity index (χ1v) is 9.26. The Kier molecular flexibility index (Phi) is 6.03. The molecule has 10 heteroatoms. The maximum atomic E-state index is 12.8. The minimum atomic E-state index is -0.587. The van der Waals surface area contributed by atoms with Crippen LogP contribution in [0.1, 0.15) is 33.5 Å². The van der Waals surface area contributed by atoms with Gasteiger partial charge in [-0.1, -0.05) is 12.2 Å². The molecule has 0 bridgehead atoms. The Morgan fingerprint density at radius 3 is 2.76 bits per heavy atom. The number of carbonyl (C=O) groups excluding carboxylic acids is 2. The highest BCUT2D eigenvalue weighted by Gasteiger charge is 2.19. The molecule has 0 unspecified atom stereocenters. The van der Waals surface area contributed by atoms with Crippen LogP contribution in [-0.2, 0) is 13.1 Å². The SMILES string of the molecule is CCn1nc(C)cc1C(=O)Nc1nc2cc(C(N)=O)cnc2n1C/C=C/CNC. The number of allylic oxidation sites excluding steroid dienone is 1. The number of carbonyl (C=O) groups is 2. The second-order valence-electron chi connectivity index (χ2n) is 6.45. The van der Waals surface area contributed by atoms with Crippen LogP contribution >= 0.6 is 0 Å². The fourth-order valence-corrected chi connectivity index (χ4v) is 2.93. The summed E-state index contributed by atoms with van der Waals surface area (Å²) in [6, 6.07) is 3.29. The summed E-state index contributed by atoms with van der Waals surface area (Å²) in [5.41, 5.74) is 7.81. The van der Waals surface area contributed by atoms with Gasteiger partial charge in [0, 0.05) is 25.8 Å². The van der Waals surface area contributed by atoms with Gasteiger partial charge in [0.2, 0.25) is 11.9 Å². The first kappa shape index (κ1) is 20.2. The monoisotopic (exact) mass is 396 g/mol. The number of pyridine rings is 1. The van der Waals surface area contributed by atoms with Crippen molar-refractivity contribution in [1.82, 2.24) is 29.6 Å². The summed E-state index contributed by atoms with van der Waals surface area (Å²) < 4.78 is 3.40. The molecule has 29 heavy (non-hydrogen) atoms. The quantitative estimate of drug-likeness (QED) is 0.488. The van der Waals surface area contributed by atoms with Gasteiger partial charge in [-0.3, -0.25) is 24.2 Å². The summed E-state index contributed by atoms with van der Waals surface area (Å²) in [7, 11) is 1.86. The first-order valence-electron chi connectivity index (χ1n) is 9.26. The van der Waals surface area contributed by atoms with Crippen molar-refractivity contribution in [1.29, 1.82) is 0 Å². The minimum absolute atomic E-state index is 0.255. The van der Waals surface area contributed by atoms with Gasteiger partial charge in [-0.25, -0.2) is 9.97 Å². The second-order valence-corrected chi connectivity index (χ2v) is 6.45. The minimum Gasteiger partial charge on any atom is -0.366 e. The van der Waals surface area contributed by atoms with Crippen molar-refractivity contribution in [2.45, 2.75) is 26.9 Å². The highest BCUT2D eigenvalue weighted by atomic mass is 16.2. The van der Waals surface area contributed by atoms with Crippen molar-refractivity contribution in [2.75, 3.05) is 18.9 Å². The van der Waals surface area contributed by atoms with E-state index in [4.69, 9.17) is 5.73 Å². The smallest absolute Gasteiger partial charge is 0.276 e. The molecule has 3 aromatic rings. The van der Waals surface area contributed by atoms with E-state index in [0.29, 0.717) is 42.4 Å². The van der Waals surface area contributed by atoms with Crippen LogP contribution in [-0.4, -0.2) is 49.7 Å². The Bertz CT molecular complexity index is 1080. The summed E-state index contributed by atoms with van der Waals surface area (Å²) in [6.45, 7) is 5.48. The number of aromatic nitrogens is 5. The molecule has 0 radical (unpaired) electrons. The number of hydrogen-bond donors (Lipinski definition) is 3. The molecule has 3 rings (SSSR count). The molecule has 3 aromatic heterocycles. The lowest BCUT2D eigenvalue weighted by molar-refractivity contribution is 0.0995. The van der Waals surface area contributed by atoms with Crippen LogP contribution in [0.2, 0.25) is 0 Å². The third kappa shape index (κ3) is 4.32. The van der Waals surface area contributed by atoms with E-state index in [-0.39, 0.29) is 11.5 Å². The average Bonchev–Trinajstić information content (AvgIpc) is 3.24. The van der Waals surface area contributed by atoms with E-state index >= 15 is 0 Å². The van der Waals surface area contributed by atoms with Crippen LogP contribution in [0.5, 0.6) is 0 Å². The van der Waals surface area contributed by atoms with Crippen LogP contribution < -0.4 is 16.4 Å². The Balaban J connectivity index is 1.99. The summed E-state index contributed by atoms with van der Waals surface area (Å²) in [5, 5.41) is 10.2. The largest absolute Gasteiger partial charge is 0.366 e. The van der Waals surface area contributed by atoms with Crippen molar-refractivity contribution in [2.24, 2.45) is 5.73 Å². The molecule has 10 nitrogen and oxygen atoms in total. The van der Waals surface area contributed by atoms with E-state index < -0.39 is 5.91 Å². The van der Waals surface area contributed by atoms with Gasteiger partial charge >= 0.3 is 0 Å². The van der Waals surface area contributed by atoms with E-state index in [0.717, 1.165) is 5.69 Å². The summed E-state index contributed by atoms with van der Waals surface area (Å²) in [5.74, 6) is -0.580. The van der Waals surface area contributed by atoms with E-state index in [1.807, 2.05) is 33.0 Å². The molecule has 0 saturated carbocycles. The van der Waals surface area contributed by atoms with Gasteiger partial charge in [-0.05, 0) is 33.0 Å². The normalized spacial score (nSPS) is 11.4. The number of aryl methyl sites for hydroxylation is 2. The molecule has 152 valence electrons. The molecule has 0 saturated heterocycles. The van der Waals surface area contributed by atoms with E-state index in [2.05, 4.69) is 25.7 Å². The van der Waals surface area contributed by atoms with Gasteiger partial charge in [-0.2, -0.15) is 5.10 Å². The van der Waals surface area contributed by atoms with Gasteiger partial charge in [-0.15, -0.1) is 0 Å². The van der Waals surface area contributed by atoms with Gasteiger partial charge in [0.1, 0.15) is 11.2 Å². The van der Waals surface area contributed by atoms with Crippen molar-refractivity contribution in [3.8, 4) is 0 Å². The number of imidazole rings is 1. The maximum Gasteiger partial charge on any atom is 0.276 e. The lowest BCUT2D eigenvalue weighted by Gasteiger charge is -2.08. The van der Waals surface area contributed by atoms with Crippen molar-refractivity contribution in [3.63, 3.8) is 0 Å². The lowest BCUT2D eigenvalue weighted by Crippen LogP contribution is -2.20. The predicted molar refractivity (Wildman–Crippen MR) is 110 cm³/mol. The maximum absolute atomic E-state index is 12.8. The number of hydrogen-bond acceptors (Lipinski definition) is 6. The van der Waals surface area contributed by atoms with Crippen molar-refractivity contribution in [3.05, 3.63) is 47.4 Å².